The van der Waals surface area contributed by atoms with Gasteiger partial charge in [0.15, 0.2) is 0 Å². The first-order valence-corrected chi connectivity index (χ1v) is 4.30. The summed E-state index contributed by atoms with van der Waals surface area (Å²) in [5.41, 5.74) is 6.35. The zero-order valence-corrected chi connectivity index (χ0v) is 6.82. The van der Waals surface area contributed by atoms with E-state index in [0.717, 1.165) is 11.4 Å². The number of hydrogen-bond donors (Lipinski definition) is 1. The van der Waals surface area contributed by atoms with Crippen LogP contribution in [0.1, 0.15) is 6.92 Å². The van der Waals surface area contributed by atoms with Crippen molar-refractivity contribution in [1.82, 2.24) is 0 Å². The van der Waals surface area contributed by atoms with Crippen LogP contribution < -0.4 is 5.73 Å². The second-order valence-electron chi connectivity index (χ2n) is 2.00. The molecule has 0 unspecified atom stereocenters. The van der Waals surface area contributed by atoms with Gasteiger partial charge in [0.05, 0.1) is 0 Å². The van der Waals surface area contributed by atoms with Crippen molar-refractivity contribution < 1.29 is 0 Å². The predicted octanol–water partition coefficient (Wildman–Crippen LogP) is 2.38. The first-order valence-electron chi connectivity index (χ1n) is 3.31. The summed E-state index contributed by atoms with van der Waals surface area (Å²) in [4.78, 5) is 1.29. The quantitative estimate of drug-likeness (QED) is 0.521. The Morgan fingerprint density at radius 3 is 2.40 bits per heavy atom. The minimum absolute atomic E-state index is 0.834. The van der Waals surface area contributed by atoms with Crippen LogP contribution in [0.4, 0.5) is 5.69 Å². The molecule has 0 amide bonds. The number of anilines is 1. The number of hydrogen-bond acceptors (Lipinski definition) is 2. The topological polar surface area (TPSA) is 26.0 Å². The average molecular weight is 153 g/mol. The highest BCUT2D eigenvalue weighted by molar-refractivity contribution is 7.99. The minimum Gasteiger partial charge on any atom is -0.399 e. The molecule has 1 aromatic rings. The van der Waals surface area contributed by atoms with Crippen molar-refractivity contribution in [3.63, 3.8) is 0 Å². The van der Waals surface area contributed by atoms with Gasteiger partial charge in [-0.2, -0.15) is 0 Å². The van der Waals surface area contributed by atoms with Gasteiger partial charge in [-0.3, -0.25) is 0 Å². The summed E-state index contributed by atoms with van der Waals surface area (Å²) in [7, 11) is 0. The fourth-order valence-electron chi connectivity index (χ4n) is 0.731. The van der Waals surface area contributed by atoms with Crippen LogP contribution in [0.15, 0.2) is 29.2 Å². The molecule has 0 aliphatic heterocycles. The minimum atomic E-state index is 0.834. The van der Waals surface area contributed by atoms with E-state index in [1.807, 2.05) is 36.0 Å². The Balaban J connectivity index is 2.69. The third kappa shape index (κ3) is 1.95. The molecule has 0 heterocycles. The van der Waals surface area contributed by atoms with E-state index in [1.54, 1.807) is 0 Å². The maximum absolute atomic E-state index is 5.51. The predicted molar refractivity (Wildman–Crippen MR) is 47.3 cm³/mol. The highest BCUT2D eigenvalue weighted by Gasteiger charge is 1.88. The van der Waals surface area contributed by atoms with Gasteiger partial charge in [0.2, 0.25) is 0 Å². The Kier molecular flexibility index (Phi) is 2.63. The van der Waals surface area contributed by atoms with Crippen LogP contribution in [0, 0.1) is 0 Å². The van der Waals surface area contributed by atoms with Gasteiger partial charge in [0, 0.05) is 10.6 Å². The fraction of sp³-hybridized carbons (Fsp3) is 0.250. The van der Waals surface area contributed by atoms with Crippen LogP contribution in [0.5, 0.6) is 0 Å². The first kappa shape index (κ1) is 7.48. The standard InChI is InChI=1S/C8H11NS/c1-2-10-8-5-3-7(9)4-6-8/h3-6H,2,9H2,1H3. The summed E-state index contributed by atoms with van der Waals surface area (Å²) < 4.78 is 0. The van der Waals surface area contributed by atoms with E-state index in [-0.39, 0.29) is 0 Å². The molecule has 0 saturated carbocycles. The molecule has 0 saturated heterocycles. The third-order valence-corrected chi connectivity index (χ3v) is 2.09. The van der Waals surface area contributed by atoms with E-state index in [0.29, 0.717) is 0 Å². The van der Waals surface area contributed by atoms with E-state index < -0.39 is 0 Å². The molecule has 1 rings (SSSR count). The Hall–Kier alpha value is -0.630. The van der Waals surface area contributed by atoms with Crippen LogP contribution in [-0.4, -0.2) is 5.75 Å². The molecule has 0 atom stereocenters. The summed E-state index contributed by atoms with van der Waals surface area (Å²) in [5, 5.41) is 0. The van der Waals surface area contributed by atoms with Gasteiger partial charge < -0.3 is 5.73 Å². The van der Waals surface area contributed by atoms with Gasteiger partial charge in [-0.1, -0.05) is 6.92 Å². The van der Waals surface area contributed by atoms with Crippen LogP contribution in [0.3, 0.4) is 0 Å². The summed E-state index contributed by atoms with van der Waals surface area (Å²) in [6.45, 7) is 2.14. The van der Waals surface area contributed by atoms with Gasteiger partial charge in [0.1, 0.15) is 0 Å². The number of rotatable bonds is 2. The van der Waals surface area contributed by atoms with E-state index in [9.17, 15) is 0 Å². The van der Waals surface area contributed by atoms with E-state index in [2.05, 4.69) is 6.92 Å². The average Bonchev–Trinajstić information content (AvgIpc) is 1.95. The van der Waals surface area contributed by atoms with Crippen molar-refractivity contribution in [3.8, 4) is 0 Å². The fourth-order valence-corrected chi connectivity index (χ4v) is 1.39. The smallest absolute Gasteiger partial charge is 0.0314 e. The Labute approximate surface area is 65.6 Å². The molecule has 54 valence electrons. The maximum Gasteiger partial charge on any atom is 0.0314 e. The molecule has 1 nitrogen and oxygen atoms in total. The normalized spacial score (nSPS) is 9.70. The van der Waals surface area contributed by atoms with Gasteiger partial charge in [-0.05, 0) is 30.0 Å². The Bertz CT molecular complexity index is 193. The van der Waals surface area contributed by atoms with Crippen molar-refractivity contribution >= 4 is 17.4 Å². The summed E-state index contributed by atoms with van der Waals surface area (Å²) in [6, 6.07) is 7.95. The molecular weight excluding hydrogens is 142 g/mol. The molecule has 0 fully saturated rings. The molecular formula is C8H11NS. The molecule has 10 heavy (non-hydrogen) atoms. The third-order valence-electron chi connectivity index (χ3n) is 1.19. The zero-order valence-electron chi connectivity index (χ0n) is 6.00. The van der Waals surface area contributed by atoms with Crippen molar-refractivity contribution in [2.24, 2.45) is 0 Å². The summed E-state index contributed by atoms with van der Waals surface area (Å²) in [5.74, 6) is 1.11. The van der Waals surface area contributed by atoms with Crippen LogP contribution >= 0.6 is 11.8 Å². The van der Waals surface area contributed by atoms with Gasteiger partial charge in [0.25, 0.3) is 0 Å². The Morgan fingerprint density at radius 1 is 1.30 bits per heavy atom. The molecule has 1 aromatic carbocycles. The second kappa shape index (κ2) is 3.52. The second-order valence-corrected chi connectivity index (χ2v) is 3.34. The molecule has 0 aliphatic rings. The Morgan fingerprint density at radius 2 is 1.90 bits per heavy atom. The molecule has 0 radical (unpaired) electrons. The summed E-state index contributed by atoms with van der Waals surface area (Å²) in [6.07, 6.45) is 0. The lowest BCUT2D eigenvalue weighted by molar-refractivity contribution is 1.43. The zero-order chi connectivity index (χ0) is 7.40. The number of thioether (sulfide) groups is 1. The summed E-state index contributed by atoms with van der Waals surface area (Å²) >= 11 is 1.83. The van der Waals surface area contributed by atoms with Crippen molar-refractivity contribution in [1.29, 1.82) is 0 Å². The van der Waals surface area contributed by atoms with E-state index in [4.69, 9.17) is 5.73 Å². The highest BCUT2D eigenvalue weighted by atomic mass is 32.2. The number of nitrogen functional groups attached to an aromatic ring is 1. The van der Waals surface area contributed by atoms with Gasteiger partial charge >= 0.3 is 0 Å². The van der Waals surface area contributed by atoms with Crippen LogP contribution in [0.25, 0.3) is 0 Å². The molecule has 0 aromatic heterocycles. The lowest BCUT2D eigenvalue weighted by Gasteiger charge is -1.96. The largest absolute Gasteiger partial charge is 0.399 e. The van der Waals surface area contributed by atoms with Crippen molar-refractivity contribution in [3.05, 3.63) is 24.3 Å². The lowest BCUT2D eigenvalue weighted by atomic mass is 10.3. The first-order chi connectivity index (χ1) is 4.83. The molecule has 2 N–H and O–H groups in total. The SMILES string of the molecule is CCSc1ccc(N)cc1. The lowest BCUT2D eigenvalue weighted by Crippen LogP contribution is -1.82. The van der Waals surface area contributed by atoms with Crippen LogP contribution in [-0.2, 0) is 0 Å². The molecule has 2 heteroatoms. The van der Waals surface area contributed by atoms with Crippen LogP contribution in [0.2, 0.25) is 0 Å². The number of benzene rings is 1. The number of nitrogens with two attached hydrogens (primary N) is 1. The van der Waals surface area contributed by atoms with Crippen molar-refractivity contribution in [2.45, 2.75) is 11.8 Å². The van der Waals surface area contributed by atoms with Gasteiger partial charge in [-0.15, -0.1) is 11.8 Å². The monoisotopic (exact) mass is 153 g/mol. The van der Waals surface area contributed by atoms with E-state index in [1.165, 1.54) is 4.90 Å². The molecule has 0 bridgehead atoms. The van der Waals surface area contributed by atoms with Crippen molar-refractivity contribution in [2.75, 3.05) is 11.5 Å². The molecule has 0 spiro atoms. The maximum atomic E-state index is 5.51. The highest BCUT2D eigenvalue weighted by Crippen LogP contribution is 2.17. The molecule has 0 aliphatic carbocycles. The van der Waals surface area contributed by atoms with Gasteiger partial charge in [-0.25, -0.2) is 0 Å². The van der Waals surface area contributed by atoms with E-state index >= 15 is 0 Å².